The minimum absolute atomic E-state index is 0.746. The van der Waals surface area contributed by atoms with Crippen LogP contribution < -0.4 is 0 Å². The Morgan fingerprint density at radius 2 is 1.75 bits per heavy atom. The van der Waals surface area contributed by atoms with Crippen molar-refractivity contribution in [3.05, 3.63) is 72.1 Å². The van der Waals surface area contributed by atoms with Crippen molar-refractivity contribution in [1.29, 1.82) is 0 Å². The van der Waals surface area contributed by atoms with Gasteiger partial charge < -0.3 is 0 Å². The second kappa shape index (κ2) is 5.48. The molecule has 0 fully saturated rings. The molecule has 0 spiro atoms. The SMILES string of the molecule is Cc1ccccc1-c1nncn1N=Cc1ccccc1. The first-order valence-corrected chi connectivity index (χ1v) is 6.40. The van der Waals surface area contributed by atoms with Gasteiger partial charge in [-0.05, 0) is 18.1 Å². The molecule has 0 saturated carbocycles. The molecule has 3 rings (SSSR count). The highest BCUT2D eigenvalue weighted by atomic mass is 15.4. The van der Waals surface area contributed by atoms with Crippen LogP contribution in [0.2, 0.25) is 0 Å². The molecule has 4 nitrogen and oxygen atoms in total. The predicted octanol–water partition coefficient (Wildman–Crippen LogP) is 3.14. The van der Waals surface area contributed by atoms with Crippen molar-refractivity contribution < 1.29 is 0 Å². The molecule has 0 atom stereocenters. The van der Waals surface area contributed by atoms with Crippen molar-refractivity contribution in [1.82, 2.24) is 14.9 Å². The highest BCUT2D eigenvalue weighted by Gasteiger charge is 2.08. The third kappa shape index (κ3) is 2.49. The zero-order chi connectivity index (χ0) is 13.8. The molecule has 0 unspecified atom stereocenters. The molecule has 0 amide bonds. The molecule has 0 aliphatic rings. The molecule has 3 aromatic rings. The van der Waals surface area contributed by atoms with Gasteiger partial charge in [0.15, 0.2) is 5.82 Å². The minimum atomic E-state index is 0.746. The Kier molecular flexibility index (Phi) is 3.37. The molecular formula is C16H14N4. The van der Waals surface area contributed by atoms with Gasteiger partial charge in [-0.2, -0.15) is 9.78 Å². The first kappa shape index (κ1) is 12.3. The number of hydrogen-bond acceptors (Lipinski definition) is 3. The summed E-state index contributed by atoms with van der Waals surface area (Å²) in [7, 11) is 0. The topological polar surface area (TPSA) is 43.1 Å². The van der Waals surface area contributed by atoms with Crippen molar-refractivity contribution in [3.8, 4) is 11.4 Å². The van der Waals surface area contributed by atoms with E-state index in [0.29, 0.717) is 0 Å². The Balaban J connectivity index is 1.96. The van der Waals surface area contributed by atoms with Gasteiger partial charge in [0.2, 0.25) is 0 Å². The molecule has 98 valence electrons. The molecule has 1 aromatic heterocycles. The van der Waals surface area contributed by atoms with E-state index in [1.807, 2.05) is 48.5 Å². The summed E-state index contributed by atoms with van der Waals surface area (Å²) in [5.74, 6) is 0.746. The summed E-state index contributed by atoms with van der Waals surface area (Å²) >= 11 is 0. The summed E-state index contributed by atoms with van der Waals surface area (Å²) in [5, 5.41) is 12.5. The van der Waals surface area contributed by atoms with Crippen molar-refractivity contribution >= 4 is 6.21 Å². The summed E-state index contributed by atoms with van der Waals surface area (Å²) in [6, 6.07) is 18.0. The first-order chi connectivity index (χ1) is 9.84. The van der Waals surface area contributed by atoms with E-state index in [9.17, 15) is 0 Å². The standard InChI is InChI=1S/C16H14N4/c1-13-7-5-6-10-15(13)16-19-17-12-20(16)18-11-14-8-3-2-4-9-14/h2-12H,1H3. The Hall–Kier alpha value is -2.75. The van der Waals surface area contributed by atoms with Gasteiger partial charge >= 0.3 is 0 Å². The van der Waals surface area contributed by atoms with Crippen LogP contribution in [-0.4, -0.2) is 21.1 Å². The van der Waals surface area contributed by atoms with E-state index in [2.05, 4.69) is 28.3 Å². The molecule has 0 N–H and O–H groups in total. The summed E-state index contributed by atoms with van der Waals surface area (Å²) in [6.07, 6.45) is 3.41. The van der Waals surface area contributed by atoms with Crippen LogP contribution in [0.1, 0.15) is 11.1 Å². The Morgan fingerprint density at radius 1 is 1.00 bits per heavy atom. The van der Waals surface area contributed by atoms with Crippen molar-refractivity contribution in [2.24, 2.45) is 5.10 Å². The highest BCUT2D eigenvalue weighted by molar-refractivity contribution is 5.79. The van der Waals surface area contributed by atoms with E-state index in [1.54, 1.807) is 17.2 Å². The van der Waals surface area contributed by atoms with Gasteiger partial charge in [0.25, 0.3) is 0 Å². The average Bonchev–Trinajstić information content (AvgIpc) is 2.95. The number of nitrogens with zero attached hydrogens (tertiary/aromatic N) is 4. The molecule has 1 heterocycles. The number of aryl methyl sites for hydroxylation is 1. The molecular weight excluding hydrogens is 248 g/mol. The summed E-state index contributed by atoms with van der Waals surface area (Å²) < 4.78 is 1.69. The van der Waals surface area contributed by atoms with Crippen molar-refractivity contribution in [3.63, 3.8) is 0 Å². The molecule has 0 aliphatic carbocycles. The van der Waals surface area contributed by atoms with E-state index in [4.69, 9.17) is 0 Å². The molecule has 20 heavy (non-hydrogen) atoms. The van der Waals surface area contributed by atoms with E-state index in [-0.39, 0.29) is 0 Å². The normalized spacial score (nSPS) is 11.1. The maximum Gasteiger partial charge on any atom is 0.184 e. The van der Waals surface area contributed by atoms with Crippen molar-refractivity contribution in [2.75, 3.05) is 0 Å². The molecule has 2 aromatic carbocycles. The quantitative estimate of drug-likeness (QED) is 0.680. The first-order valence-electron chi connectivity index (χ1n) is 6.40. The van der Waals surface area contributed by atoms with Crippen LogP contribution in [0.4, 0.5) is 0 Å². The van der Waals surface area contributed by atoms with Crippen LogP contribution >= 0.6 is 0 Å². The van der Waals surface area contributed by atoms with Crippen LogP contribution in [0.5, 0.6) is 0 Å². The maximum atomic E-state index is 4.42. The van der Waals surface area contributed by atoms with Gasteiger partial charge in [-0.25, -0.2) is 0 Å². The lowest BCUT2D eigenvalue weighted by atomic mass is 10.1. The predicted molar refractivity (Wildman–Crippen MR) is 79.6 cm³/mol. The van der Waals surface area contributed by atoms with Gasteiger partial charge in [0.1, 0.15) is 6.33 Å². The Morgan fingerprint density at radius 3 is 2.55 bits per heavy atom. The maximum absolute atomic E-state index is 4.42. The van der Waals surface area contributed by atoms with Gasteiger partial charge in [0.05, 0.1) is 6.21 Å². The summed E-state index contributed by atoms with van der Waals surface area (Å²) in [4.78, 5) is 0. The fraction of sp³-hybridized carbons (Fsp3) is 0.0625. The van der Waals surface area contributed by atoms with E-state index in [0.717, 1.165) is 22.5 Å². The second-order valence-electron chi connectivity index (χ2n) is 4.47. The van der Waals surface area contributed by atoms with Gasteiger partial charge in [-0.1, -0.05) is 54.6 Å². The van der Waals surface area contributed by atoms with Crippen molar-refractivity contribution in [2.45, 2.75) is 6.92 Å². The van der Waals surface area contributed by atoms with Crippen LogP contribution in [0.15, 0.2) is 66.0 Å². The Labute approximate surface area is 117 Å². The number of benzene rings is 2. The van der Waals surface area contributed by atoms with E-state index in [1.165, 1.54) is 0 Å². The van der Waals surface area contributed by atoms with Gasteiger partial charge in [0, 0.05) is 5.56 Å². The van der Waals surface area contributed by atoms with Crippen LogP contribution in [-0.2, 0) is 0 Å². The number of aromatic nitrogens is 3. The van der Waals surface area contributed by atoms with E-state index < -0.39 is 0 Å². The smallest absolute Gasteiger partial charge is 0.184 e. The fourth-order valence-electron chi connectivity index (χ4n) is 1.98. The van der Waals surface area contributed by atoms with Crippen LogP contribution in [0.3, 0.4) is 0 Å². The largest absolute Gasteiger partial charge is 0.200 e. The van der Waals surface area contributed by atoms with Gasteiger partial charge in [-0.15, -0.1) is 10.2 Å². The lowest BCUT2D eigenvalue weighted by Gasteiger charge is -2.03. The third-order valence-corrected chi connectivity index (χ3v) is 3.05. The molecule has 0 aliphatic heterocycles. The molecule has 0 radical (unpaired) electrons. The highest BCUT2D eigenvalue weighted by Crippen LogP contribution is 2.20. The average molecular weight is 262 g/mol. The minimum Gasteiger partial charge on any atom is -0.200 e. The van der Waals surface area contributed by atoms with Crippen LogP contribution in [0, 0.1) is 6.92 Å². The summed E-state index contributed by atoms with van der Waals surface area (Å²) in [5.41, 5.74) is 3.23. The lowest BCUT2D eigenvalue weighted by Crippen LogP contribution is -1.95. The Bertz CT molecular complexity index is 729. The zero-order valence-electron chi connectivity index (χ0n) is 11.1. The monoisotopic (exact) mass is 262 g/mol. The molecule has 0 bridgehead atoms. The lowest BCUT2D eigenvalue weighted by molar-refractivity contribution is 0.887. The summed E-state index contributed by atoms with van der Waals surface area (Å²) in [6.45, 7) is 2.05. The number of rotatable bonds is 3. The molecule has 4 heteroatoms. The number of hydrogen-bond donors (Lipinski definition) is 0. The van der Waals surface area contributed by atoms with E-state index >= 15 is 0 Å². The van der Waals surface area contributed by atoms with Crippen LogP contribution in [0.25, 0.3) is 11.4 Å². The fourth-order valence-corrected chi connectivity index (χ4v) is 1.98. The second-order valence-corrected chi connectivity index (χ2v) is 4.47. The zero-order valence-corrected chi connectivity index (χ0v) is 11.1. The van der Waals surface area contributed by atoms with Gasteiger partial charge in [-0.3, -0.25) is 0 Å². The third-order valence-electron chi connectivity index (χ3n) is 3.05. The molecule has 0 saturated heterocycles.